The molecule has 1 aromatic heterocycles. The number of fused-ring (bicyclic) bond motifs is 1. The zero-order valence-corrected chi connectivity index (χ0v) is 8.28. The number of hydrogen-bond donors (Lipinski definition) is 0. The highest BCUT2D eigenvalue weighted by Gasteiger charge is 2.22. The molecule has 0 bridgehead atoms. The van der Waals surface area contributed by atoms with Crippen molar-refractivity contribution >= 4 is 11.7 Å². The van der Waals surface area contributed by atoms with Gasteiger partial charge in [0.1, 0.15) is 6.61 Å². The van der Waals surface area contributed by atoms with E-state index in [9.17, 15) is 4.79 Å². The van der Waals surface area contributed by atoms with Gasteiger partial charge >= 0.3 is 0 Å². The van der Waals surface area contributed by atoms with Crippen LogP contribution in [0.25, 0.3) is 0 Å². The van der Waals surface area contributed by atoms with Crippen LogP contribution in [-0.2, 0) is 4.79 Å². The average molecular weight is 192 g/mol. The predicted octanol–water partition coefficient (Wildman–Crippen LogP) is 1.14. The van der Waals surface area contributed by atoms with Crippen molar-refractivity contribution in [1.82, 2.24) is 4.98 Å². The minimum atomic E-state index is 0.00708. The fraction of sp³-hybridized carbons (Fsp3) is 0.400. The van der Waals surface area contributed by atoms with Crippen LogP contribution >= 0.6 is 0 Å². The second-order valence-electron chi connectivity index (χ2n) is 3.29. The molecule has 14 heavy (non-hydrogen) atoms. The molecule has 0 radical (unpaired) electrons. The molecule has 4 nitrogen and oxygen atoms in total. The van der Waals surface area contributed by atoms with E-state index < -0.39 is 0 Å². The van der Waals surface area contributed by atoms with Crippen LogP contribution < -0.4 is 9.64 Å². The Morgan fingerprint density at radius 3 is 3.07 bits per heavy atom. The molecule has 2 heterocycles. The molecule has 0 aliphatic carbocycles. The number of pyridine rings is 1. The van der Waals surface area contributed by atoms with E-state index in [1.807, 2.05) is 19.1 Å². The predicted molar refractivity (Wildman–Crippen MR) is 52.5 cm³/mol. The summed E-state index contributed by atoms with van der Waals surface area (Å²) in [6, 6.07) is 3.73. The monoisotopic (exact) mass is 192 g/mol. The number of ether oxygens (including phenoxy) is 1. The largest absolute Gasteiger partial charge is 0.488 e. The van der Waals surface area contributed by atoms with Gasteiger partial charge in [0.25, 0.3) is 0 Å². The highest BCUT2D eigenvalue weighted by atomic mass is 16.5. The van der Waals surface area contributed by atoms with E-state index in [1.165, 1.54) is 0 Å². The number of aromatic nitrogens is 1. The Labute approximate surface area is 82.5 Å². The summed E-state index contributed by atoms with van der Waals surface area (Å²) in [4.78, 5) is 17.2. The van der Waals surface area contributed by atoms with Crippen LogP contribution in [0.5, 0.6) is 5.75 Å². The number of amides is 1. The van der Waals surface area contributed by atoms with Crippen molar-refractivity contribution in [2.45, 2.75) is 13.8 Å². The molecule has 1 aliphatic rings. The van der Waals surface area contributed by atoms with E-state index in [-0.39, 0.29) is 5.91 Å². The molecule has 0 fully saturated rings. The third kappa shape index (κ3) is 1.43. The number of nitrogens with zero attached hydrogens (tertiary/aromatic N) is 2. The van der Waals surface area contributed by atoms with Crippen molar-refractivity contribution in [2.24, 2.45) is 0 Å². The molecule has 1 aliphatic heterocycles. The Morgan fingerprint density at radius 1 is 1.57 bits per heavy atom. The maximum atomic E-state index is 11.3. The van der Waals surface area contributed by atoms with Gasteiger partial charge in [0.15, 0.2) is 11.6 Å². The quantitative estimate of drug-likeness (QED) is 0.619. The fourth-order valence-corrected chi connectivity index (χ4v) is 1.50. The number of aryl methyl sites for hydroxylation is 1. The SMILES string of the molecule is CC(=O)N1CCOc2ccc(C)nc21. The summed E-state index contributed by atoms with van der Waals surface area (Å²) in [5.41, 5.74) is 0.889. The summed E-state index contributed by atoms with van der Waals surface area (Å²) in [5, 5.41) is 0. The highest BCUT2D eigenvalue weighted by Crippen LogP contribution is 2.29. The van der Waals surface area contributed by atoms with Crippen molar-refractivity contribution in [3.05, 3.63) is 17.8 Å². The molecule has 0 spiro atoms. The van der Waals surface area contributed by atoms with E-state index in [2.05, 4.69) is 4.98 Å². The molecule has 0 atom stereocenters. The van der Waals surface area contributed by atoms with Crippen molar-refractivity contribution in [1.29, 1.82) is 0 Å². The van der Waals surface area contributed by atoms with Crippen molar-refractivity contribution in [2.75, 3.05) is 18.1 Å². The maximum Gasteiger partial charge on any atom is 0.225 e. The van der Waals surface area contributed by atoms with Crippen LogP contribution in [-0.4, -0.2) is 24.0 Å². The molecule has 0 unspecified atom stereocenters. The average Bonchev–Trinajstić information content (AvgIpc) is 2.16. The molecule has 0 N–H and O–H groups in total. The van der Waals surface area contributed by atoms with Crippen molar-refractivity contribution in [3.8, 4) is 5.75 Å². The lowest BCUT2D eigenvalue weighted by molar-refractivity contribution is -0.116. The van der Waals surface area contributed by atoms with Gasteiger partial charge in [-0.3, -0.25) is 9.69 Å². The first-order valence-corrected chi connectivity index (χ1v) is 4.57. The molecule has 4 heteroatoms. The lowest BCUT2D eigenvalue weighted by atomic mass is 10.3. The van der Waals surface area contributed by atoms with Gasteiger partial charge in [0.2, 0.25) is 5.91 Å². The first-order valence-electron chi connectivity index (χ1n) is 4.57. The van der Waals surface area contributed by atoms with Gasteiger partial charge in [-0.05, 0) is 19.1 Å². The number of anilines is 1. The zero-order chi connectivity index (χ0) is 10.1. The van der Waals surface area contributed by atoms with E-state index in [1.54, 1.807) is 11.8 Å². The lowest BCUT2D eigenvalue weighted by Crippen LogP contribution is -2.37. The van der Waals surface area contributed by atoms with Gasteiger partial charge in [-0.2, -0.15) is 0 Å². The third-order valence-corrected chi connectivity index (χ3v) is 2.19. The molecule has 1 aromatic rings. The Balaban J connectivity index is 2.46. The normalized spacial score (nSPS) is 14.6. The highest BCUT2D eigenvalue weighted by molar-refractivity contribution is 5.92. The molecule has 0 saturated carbocycles. The van der Waals surface area contributed by atoms with Gasteiger partial charge in [-0.25, -0.2) is 4.98 Å². The van der Waals surface area contributed by atoms with Crippen LogP contribution in [0.4, 0.5) is 5.82 Å². The number of rotatable bonds is 0. The van der Waals surface area contributed by atoms with E-state index in [4.69, 9.17) is 4.74 Å². The van der Waals surface area contributed by atoms with Crippen LogP contribution in [0, 0.1) is 6.92 Å². The zero-order valence-electron chi connectivity index (χ0n) is 8.28. The van der Waals surface area contributed by atoms with Gasteiger partial charge in [0, 0.05) is 12.6 Å². The smallest absolute Gasteiger partial charge is 0.225 e. The lowest BCUT2D eigenvalue weighted by Gasteiger charge is -2.27. The summed E-state index contributed by atoms with van der Waals surface area (Å²) in [6.45, 7) is 4.56. The first-order chi connectivity index (χ1) is 6.68. The van der Waals surface area contributed by atoms with E-state index in [0.717, 1.165) is 5.69 Å². The molecular weight excluding hydrogens is 180 g/mol. The topological polar surface area (TPSA) is 42.4 Å². The minimum absolute atomic E-state index is 0.00708. The van der Waals surface area contributed by atoms with Crippen molar-refractivity contribution in [3.63, 3.8) is 0 Å². The summed E-state index contributed by atoms with van der Waals surface area (Å²) in [7, 11) is 0. The van der Waals surface area contributed by atoms with Crippen LogP contribution in [0.2, 0.25) is 0 Å². The Hall–Kier alpha value is -1.58. The summed E-state index contributed by atoms with van der Waals surface area (Å²) in [6.07, 6.45) is 0. The third-order valence-electron chi connectivity index (χ3n) is 2.19. The van der Waals surface area contributed by atoms with Gasteiger partial charge in [-0.15, -0.1) is 0 Å². The van der Waals surface area contributed by atoms with Crippen molar-refractivity contribution < 1.29 is 9.53 Å². The fourth-order valence-electron chi connectivity index (χ4n) is 1.50. The molecule has 0 saturated heterocycles. The molecule has 2 rings (SSSR count). The second kappa shape index (κ2) is 3.29. The molecule has 74 valence electrons. The Morgan fingerprint density at radius 2 is 2.36 bits per heavy atom. The van der Waals surface area contributed by atoms with Crippen LogP contribution in [0.15, 0.2) is 12.1 Å². The molecule has 1 amide bonds. The maximum absolute atomic E-state index is 11.3. The number of carbonyl (C=O) groups is 1. The van der Waals surface area contributed by atoms with E-state index in [0.29, 0.717) is 24.7 Å². The van der Waals surface area contributed by atoms with Crippen LogP contribution in [0.3, 0.4) is 0 Å². The Kier molecular flexibility index (Phi) is 2.11. The number of carbonyl (C=O) groups excluding carboxylic acids is 1. The van der Waals surface area contributed by atoms with Gasteiger partial charge < -0.3 is 4.74 Å². The summed E-state index contributed by atoms with van der Waals surface area (Å²) < 4.78 is 5.40. The Bertz CT molecular complexity index is 376. The molecular formula is C10H12N2O2. The van der Waals surface area contributed by atoms with Crippen LogP contribution in [0.1, 0.15) is 12.6 Å². The minimum Gasteiger partial charge on any atom is -0.488 e. The molecule has 0 aromatic carbocycles. The summed E-state index contributed by atoms with van der Waals surface area (Å²) in [5.74, 6) is 1.34. The van der Waals surface area contributed by atoms with Gasteiger partial charge in [0.05, 0.1) is 6.54 Å². The summed E-state index contributed by atoms with van der Waals surface area (Å²) >= 11 is 0. The standard InChI is InChI=1S/C10H12N2O2/c1-7-3-4-9-10(11-7)12(8(2)13)5-6-14-9/h3-4H,5-6H2,1-2H3. The van der Waals surface area contributed by atoms with E-state index >= 15 is 0 Å². The first kappa shape index (κ1) is 8.99. The second-order valence-corrected chi connectivity index (χ2v) is 3.29. The number of hydrogen-bond acceptors (Lipinski definition) is 3. The van der Waals surface area contributed by atoms with Gasteiger partial charge in [-0.1, -0.05) is 0 Å².